The van der Waals surface area contributed by atoms with Crippen molar-refractivity contribution in [3.63, 3.8) is 0 Å². The van der Waals surface area contributed by atoms with Gasteiger partial charge in [-0.3, -0.25) is 0 Å². The van der Waals surface area contributed by atoms with Gasteiger partial charge in [0.15, 0.2) is 0 Å². The van der Waals surface area contributed by atoms with Crippen molar-refractivity contribution in [3.05, 3.63) is 12.4 Å². The summed E-state index contributed by atoms with van der Waals surface area (Å²) in [5.74, 6) is 1.03. The second-order valence-corrected chi connectivity index (χ2v) is 4.08. The molecular weight excluding hydrogens is 246 g/mol. The van der Waals surface area contributed by atoms with Crippen LogP contribution < -0.4 is 4.90 Å². The van der Waals surface area contributed by atoms with E-state index in [0.717, 1.165) is 31.0 Å². The van der Waals surface area contributed by atoms with Crippen molar-refractivity contribution in [1.82, 2.24) is 9.55 Å². The zero-order valence-corrected chi connectivity index (χ0v) is 9.77. The molecule has 1 atom stereocenters. The fourth-order valence-corrected chi connectivity index (χ4v) is 2.05. The normalized spacial score (nSPS) is 22.7. The van der Waals surface area contributed by atoms with Crippen molar-refractivity contribution in [2.75, 3.05) is 29.9 Å². The third-order valence-electron chi connectivity index (χ3n) is 2.39. The Morgan fingerprint density at radius 1 is 1.71 bits per heavy atom. The lowest BCUT2D eigenvalue weighted by atomic mass is 10.3. The van der Waals surface area contributed by atoms with Crippen molar-refractivity contribution < 1.29 is 4.74 Å². The van der Waals surface area contributed by atoms with Gasteiger partial charge in [-0.2, -0.15) is 0 Å². The molecule has 5 heteroatoms. The van der Waals surface area contributed by atoms with Gasteiger partial charge < -0.3 is 14.2 Å². The number of alkyl halides is 1. The first kappa shape index (κ1) is 9.98. The van der Waals surface area contributed by atoms with Crippen LogP contribution in [-0.4, -0.2) is 40.7 Å². The molecule has 0 aromatic carbocycles. The van der Waals surface area contributed by atoms with E-state index in [1.54, 1.807) is 0 Å². The fourth-order valence-electron chi connectivity index (χ4n) is 1.66. The van der Waals surface area contributed by atoms with Gasteiger partial charge in [0, 0.05) is 37.9 Å². The first-order chi connectivity index (χ1) is 6.81. The molecular formula is C9H14BrN3O. The molecule has 1 fully saturated rings. The number of morpholine rings is 1. The molecule has 0 amide bonds. The maximum Gasteiger partial charge on any atom is 0.205 e. The van der Waals surface area contributed by atoms with Crippen LogP contribution in [0.25, 0.3) is 0 Å². The Hall–Kier alpha value is -0.550. The van der Waals surface area contributed by atoms with Crippen LogP contribution in [0.5, 0.6) is 0 Å². The van der Waals surface area contributed by atoms with Crippen molar-refractivity contribution in [1.29, 1.82) is 0 Å². The average molecular weight is 260 g/mol. The summed E-state index contributed by atoms with van der Waals surface area (Å²) in [4.78, 5) is 6.59. The number of aromatic nitrogens is 2. The Bertz CT molecular complexity index is 302. The first-order valence-corrected chi connectivity index (χ1v) is 5.83. The van der Waals surface area contributed by atoms with Crippen LogP contribution in [0.4, 0.5) is 5.95 Å². The highest BCUT2D eigenvalue weighted by atomic mass is 79.9. The van der Waals surface area contributed by atoms with Gasteiger partial charge in [-0.1, -0.05) is 15.9 Å². The van der Waals surface area contributed by atoms with E-state index in [2.05, 4.69) is 25.8 Å². The summed E-state index contributed by atoms with van der Waals surface area (Å²) in [6.45, 7) is 2.62. The predicted molar refractivity (Wildman–Crippen MR) is 59.0 cm³/mol. The average Bonchev–Trinajstić information content (AvgIpc) is 2.65. The number of halogens is 1. The van der Waals surface area contributed by atoms with Crippen molar-refractivity contribution in [2.24, 2.45) is 7.05 Å². The predicted octanol–water partition coefficient (Wildman–Crippen LogP) is 1.02. The Labute approximate surface area is 92.0 Å². The van der Waals surface area contributed by atoms with Gasteiger partial charge in [-0.15, -0.1) is 0 Å². The summed E-state index contributed by atoms with van der Waals surface area (Å²) < 4.78 is 7.61. The Morgan fingerprint density at radius 2 is 2.57 bits per heavy atom. The van der Waals surface area contributed by atoms with E-state index < -0.39 is 0 Å². The summed E-state index contributed by atoms with van der Waals surface area (Å²) >= 11 is 3.44. The second-order valence-electron chi connectivity index (χ2n) is 3.43. The van der Waals surface area contributed by atoms with Gasteiger partial charge >= 0.3 is 0 Å². The molecule has 4 nitrogen and oxygen atoms in total. The van der Waals surface area contributed by atoms with Gasteiger partial charge in [0.05, 0.1) is 12.7 Å². The quantitative estimate of drug-likeness (QED) is 0.744. The lowest BCUT2D eigenvalue weighted by molar-refractivity contribution is 0.0563. The van der Waals surface area contributed by atoms with Crippen molar-refractivity contribution >= 4 is 21.9 Å². The van der Waals surface area contributed by atoms with E-state index in [-0.39, 0.29) is 6.10 Å². The van der Waals surface area contributed by atoms with Gasteiger partial charge in [-0.05, 0) is 0 Å². The van der Waals surface area contributed by atoms with Gasteiger partial charge in [0.2, 0.25) is 5.95 Å². The molecule has 1 aliphatic rings. The Morgan fingerprint density at radius 3 is 3.21 bits per heavy atom. The first-order valence-electron chi connectivity index (χ1n) is 4.71. The van der Waals surface area contributed by atoms with Crippen LogP contribution >= 0.6 is 15.9 Å². The van der Waals surface area contributed by atoms with E-state index in [1.165, 1.54) is 0 Å². The highest BCUT2D eigenvalue weighted by Gasteiger charge is 2.21. The van der Waals surface area contributed by atoms with E-state index >= 15 is 0 Å². The smallest absolute Gasteiger partial charge is 0.205 e. The molecule has 1 saturated heterocycles. The molecule has 2 rings (SSSR count). The minimum Gasteiger partial charge on any atom is -0.374 e. The van der Waals surface area contributed by atoms with Crippen LogP contribution in [0.2, 0.25) is 0 Å². The molecule has 0 radical (unpaired) electrons. The third-order valence-corrected chi connectivity index (χ3v) is 3.11. The number of ether oxygens (including phenoxy) is 1. The molecule has 0 N–H and O–H groups in total. The molecule has 2 heterocycles. The standard InChI is InChI=1S/C9H14BrN3O/c1-12-3-2-11-9(12)13-4-5-14-8(6-10)7-13/h2-3,8H,4-7H2,1H3. The fraction of sp³-hybridized carbons (Fsp3) is 0.667. The molecule has 0 saturated carbocycles. The van der Waals surface area contributed by atoms with Gasteiger partial charge in [0.1, 0.15) is 0 Å². The number of imidazole rings is 1. The van der Waals surface area contributed by atoms with E-state index in [4.69, 9.17) is 4.74 Å². The number of hydrogen-bond acceptors (Lipinski definition) is 3. The second kappa shape index (κ2) is 4.31. The molecule has 1 aromatic heterocycles. The molecule has 0 spiro atoms. The van der Waals surface area contributed by atoms with E-state index in [0.29, 0.717) is 0 Å². The number of anilines is 1. The zero-order chi connectivity index (χ0) is 9.97. The monoisotopic (exact) mass is 259 g/mol. The van der Waals surface area contributed by atoms with Crippen LogP contribution in [0.3, 0.4) is 0 Å². The van der Waals surface area contributed by atoms with Crippen molar-refractivity contribution in [2.45, 2.75) is 6.10 Å². The SMILES string of the molecule is Cn1ccnc1N1CCOC(CBr)C1. The van der Waals surface area contributed by atoms with Crippen LogP contribution in [-0.2, 0) is 11.8 Å². The number of nitrogens with zero attached hydrogens (tertiary/aromatic N) is 3. The summed E-state index contributed by atoms with van der Waals surface area (Å²) in [6.07, 6.45) is 4.07. The molecule has 0 bridgehead atoms. The third kappa shape index (κ3) is 1.93. The number of aryl methyl sites for hydroxylation is 1. The summed E-state index contributed by atoms with van der Waals surface area (Å²) in [6, 6.07) is 0. The topological polar surface area (TPSA) is 30.3 Å². The minimum absolute atomic E-state index is 0.278. The molecule has 1 aromatic rings. The van der Waals surface area contributed by atoms with Crippen LogP contribution in [0.1, 0.15) is 0 Å². The number of rotatable bonds is 2. The molecule has 0 aliphatic carbocycles. The molecule has 1 aliphatic heterocycles. The summed E-state index contributed by atoms with van der Waals surface area (Å²) in [5.41, 5.74) is 0. The largest absolute Gasteiger partial charge is 0.374 e. The van der Waals surface area contributed by atoms with Crippen molar-refractivity contribution in [3.8, 4) is 0 Å². The molecule has 1 unspecified atom stereocenters. The number of hydrogen-bond donors (Lipinski definition) is 0. The maximum absolute atomic E-state index is 5.57. The van der Waals surface area contributed by atoms with Crippen LogP contribution in [0.15, 0.2) is 12.4 Å². The minimum atomic E-state index is 0.278. The molecule has 14 heavy (non-hydrogen) atoms. The highest BCUT2D eigenvalue weighted by Crippen LogP contribution is 2.15. The van der Waals surface area contributed by atoms with E-state index in [9.17, 15) is 0 Å². The maximum atomic E-state index is 5.57. The zero-order valence-electron chi connectivity index (χ0n) is 8.19. The van der Waals surface area contributed by atoms with Gasteiger partial charge in [0.25, 0.3) is 0 Å². The Balaban J connectivity index is 2.08. The highest BCUT2D eigenvalue weighted by molar-refractivity contribution is 9.09. The lowest BCUT2D eigenvalue weighted by Gasteiger charge is -2.32. The van der Waals surface area contributed by atoms with Crippen LogP contribution in [0, 0.1) is 0 Å². The summed E-state index contributed by atoms with van der Waals surface area (Å²) in [7, 11) is 2.01. The lowest BCUT2D eigenvalue weighted by Crippen LogP contribution is -2.44. The molecule has 78 valence electrons. The van der Waals surface area contributed by atoms with E-state index in [1.807, 2.05) is 24.0 Å². The van der Waals surface area contributed by atoms with Gasteiger partial charge in [-0.25, -0.2) is 4.98 Å². The Kier molecular flexibility index (Phi) is 3.08. The summed E-state index contributed by atoms with van der Waals surface area (Å²) in [5, 5.41) is 0.883.